The Bertz CT molecular complexity index is 310. The molecule has 0 spiro atoms. The van der Waals surface area contributed by atoms with Gasteiger partial charge in [-0.3, -0.25) is 4.68 Å². The van der Waals surface area contributed by atoms with Crippen LogP contribution in [0.4, 0.5) is 12.9 Å². The van der Waals surface area contributed by atoms with E-state index >= 15 is 0 Å². The minimum absolute atomic E-state index is 0. The Kier molecular flexibility index (Phi) is 7.52. The Hall–Kier alpha value is 0.701. The average Bonchev–Trinajstić information content (AvgIpc) is 2.52. The van der Waals surface area contributed by atoms with Crippen LogP contribution in [0.5, 0.6) is 0 Å². The van der Waals surface area contributed by atoms with Gasteiger partial charge in [-0.2, -0.15) is 5.10 Å². The second kappa shape index (κ2) is 7.21. The minimum atomic E-state index is -4.78. The number of hydrogen-bond donors (Lipinski definition) is 0. The summed E-state index contributed by atoms with van der Waals surface area (Å²) in [5.74, 6) is 0. The smallest absolute Gasteiger partial charge is 0.449 e. The van der Waals surface area contributed by atoms with Gasteiger partial charge in [0.1, 0.15) is 0 Å². The molecule has 0 fully saturated rings. The van der Waals surface area contributed by atoms with E-state index in [0.29, 0.717) is 0 Å². The van der Waals surface area contributed by atoms with Crippen LogP contribution in [0.3, 0.4) is 0 Å². The molecule has 2 nitrogen and oxygen atoms in total. The van der Waals surface area contributed by atoms with E-state index in [4.69, 9.17) is 0 Å². The molecule has 0 unspecified atom stereocenters. The Labute approximate surface area is 136 Å². The third kappa shape index (κ3) is 5.36. The van der Waals surface area contributed by atoms with Crippen LogP contribution in [-0.4, -0.2) is 16.8 Å². The first-order chi connectivity index (χ1) is 6.96. The van der Waals surface area contributed by atoms with Gasteiger partial charge in [0, 0.05) is 11.9 Å². The summed E-state index contributed by atoms with van der Waals surface area (Å²) in [4.78, 5) is 0. The van der Waals surface area contributed by atoms with Gasteiger partial charge in [-0.25, -0.2) is 0 Å². The third-order valence-electron chi connectivity index (χ3n) is 2.42. The maximum Gasteiger partial charge on any atom is 1.00 e. The van der Waals surface area contributed by atoms with Crippen LogP contribution in [-0.2, 0) is 6.32 Å². The van der Waals surface area contributed by atoms with Crippen LogP contribution >= 0.6 is 0 Å². The predicted molar refractivity (Wildman–Crippen MR) is 54.6 cm³/mol. The van der Waals surface area contributed by atoms with E-state index in [0.717, 1.165) is 12.8 Å². The second-order valence-corrected chi connectivity index (χ2v) is 3.67. The molecule has 0 atom stereocenters. The molecular formula is C9H15BF3KN2. The zero-order chi connectivity index (χ0) is 11.5. The van der Waals surface area contributed by atoms with Gasteiger partial charge in [0.05, 0.1) is 6.04 Å². The van der Waals surface area contributed by atoms with Gasteiger partial charge in [-0.15, -0.1) is 0 Å². The summed E-state index contributed by atoms with van der Waals surface area (Å²) in [5.41, 5.74) is 0.120. The van der Waals surface area contributed by atoms with Crippen molar-refractivity contribution in [1.82, 2.24) is 9.78 Å². The summed E-state index contributed by atoms with van der Waals surface area (Å²) in [7, 11) is 0. The predicted octanol–water partition coefficient (Wildman–Crippen LogP) is 0.177. The van der Waals surface area contributed by atoms with Gasteiger partial charge in [-0.05, 0) is 25.2 Å². The Balaban J connectivity index is 0.00000225. The summed E-state index contributed by atoms with van der Waals surface area (Å²) >= 11 is 0. The first-order valence-electron chi connectivity index (χ1n) is 5.21. The van der Waals surface area contributed by atoms with E-state index in [9.17, 15) is 12.9 Å². The fourth-order valence-electron chi connectivity index (χ4n) is 1.59. The molecule has 0 saturated heterocycles. The van der Waals surface area contributed by atoms with Crippen molar-refractivity contribution in [1.29, 1.82) is 0 Å². The van der Waals surface area contributed by atoms with Crippen LogP contribution in [0.15, 0.2) is 12.3 Å². The Morgan fingerprint density at radius 3 is 2.31 bits per heavy atom. The quantitative estimate of drug-likeness (QED) is 0.689. The molecule has 16 heavy (non-hydrogen) atoms. The van der Waals surface area contributed by atoms with Crippen molar-refractivity contribution < 1.29 is 64.3 Å². The topological polar surface area (TPSA) is 17.8 Å². The standard InChI is InChI=1S/C9H15BF3N2.K/c1-3-9(4-2)15-6-5-8(14-15)7-10(11,12)13;/h5-6,9H,3-4,7H2,1-2H3;/q-1;+1. The summed E-state index contributed by atoms with van der Waals surface area (Å²) in [5, 5.41) is 3.95. The molecule has 0 aliphatic heterocycles. The van der Waals surface area contributed by atoms with E-state index in [1.807, 2.05) is 13.8 Å². The van der Waals surface area contributed by atoms with Crippen molar-refractivity contribution in [2.75, 3.05) is 0 Å². The van der Waals surface area contributed by atoms with E-state index in [1.165, 1.54) is 6.07 Å². The molecule has 1 aromatic heterocycles. The molecule has 0 saturated carbocycles. The molecule has 0 bridgehead atoms. The van der Waals surface area contributed by atoms with Gasteiger partial charge in [0.25, 0.3) is 0 Å². The van der Waals surface area contributed by atoms with Crippen molar-refractivity contribution in [3.63, 3.8) is 0 Å². The fraction of sp³-hybridized carbons (Fsp3) is 0.667. The van der Waals surface area contributed by atoms with E-state index in [2.05, 4.69) is 5.10 Å². The van der Waals surface area contributed by atoms with Crippen molar-refractivity contribution >= 4 is 6.98 Å². The molecule has 0 radical (unpaired) electrons. The van der Waals surface area contributed by atoms with E-state index in [-0.39, 0.29) is 63.1 Å². The molecule has 0 aliphatic rings. The minimum Gasteiger partial charge on any atom is -0.449 e. The average molecular weight is 258 g/mol. The van der Waals surface area contributed by atoms with Crippen LogP contribution < -0.4 is 51.4 Å². The monoisotopic (exact) mass is 258 g/mol. The van der Waals surface area contributed by atoms with E-state index < -0.39 is 13.3 Å². The van der Waals surface area contributed by atoms with Gasteiger partial charge in [-0.1, -0.05) is 13.8 Å². The van der Waals surface area contributed by atoms with Crippen molar-refractivity contribution in [2.45, 2.75) is 39.1 Å². The number of nitrogens with zero attached hydrogens (tertiary/aromatic N) is 2. The molecule has 0 N–H and O–H groups in total. The molecule has 1 heterocycles. The number of halogens is 3. The fourth-order valence-corrected chi connectivity index (χ4v) is 1.59. The number of rotatable bonds is 5. The SMILES string of the molecule is CCC(CC)n1ccc(C[B-](F)(F)F)n1.[K+]. The summed E-state index contributed by atoms with van der Waals surface area (Å²) < 4.78 is 38.0. The first kappa shape index (κ1) is 16.7. The summed E-state index contributed by atoms with van der Waals surface area (Å²) in [6.45, 7) is -0.771. The van der Waals surface area contributed by atoms with Gasteiger partial charge in [0.15, 0.2) is 0 Å². The van der Waals surface area contributed by atoms with Crippen LogP contribution in [0.2, 0.25) is 0 Å². The maximum absolute atomic E-state index is 12.1. The van der Waals surface area contributed by atoms with Gasteiger partial charge in [0.2, 0.25) is 0 Å². The molecule has 1 aromatic rings. The summed E-state index contributed by atoms with van der Waals surface area (Å²) in [6, 6.07) is 1.66. The van der Waals surface area contributed by atoms with Crippen molar-refractivity contribution in [2.24, 2.45) is 0 Å². The third-order valence-corrected chi connectivity index (χ3v) is 2.42. The molecule has 0 amide bonds. The van der Waals surface area contributed by atoms with E-state index in [1.54, 1.807) is 10.9 Å². The van der Waals surface area contributed by atoms with Crippen molar-refractivity contribution in [3.05, 3.63) is 18.0 Å². The molecular weight excluding hydrogens is 243 g/mol. The summed E-state index contributed by atoms with van der Waals surface area (Å²) in [6.07, 6.45) is 2.52. The normalized spacial score (nSPS) is 11.6. The maximum atomic E-state index is 12.1. The van der Waals surface area contributed by atoms with Crippen LogP contribution in [0.1, 0.15) is 38.4 Å². The number of hydrogen-bond acceptors (Lipinski definition) is 1. The molecule has 0 aromatic carbocycles. The Morgan fingerprint density at radius 2 is 1.88 bits per heavy atom. The van der Waals surface area contributed by atoms with Crippen LogP contribution in [0, 0.1) is 0 Å². The van der Waals surface area contributed by atoms with Gasteiger partial charge < -0.3 is 12.9 Å². The first-order valence-corrected chi connectivity index (χ1v) is 5.21. The molecule has 0 aliphatic carbocycles. The zero-order valence-corrected chi connectivity index (χ0v) is 13.1. The van der Waals surface area contributed by atoms with Crippen LogP contribution in [0.25, 0.3) is 0 Å². The number of aromatic nitrogens is 2. The molecule has 7 heteroatoms. The zero-order valence-electron chi connectivity index (χ0n) is 9.96. The Morgan fingerprint density at radius 1 is 1.31 bits per heavy atom. The largest absolute Gasteiger partial charge is 1.00 e. The molecule has 1 rings (SSSR count). The second-order valence-electron chi connectivity index (χ2n) is 3.67. The van der Waals surface area contributed by atoms with Crippen molar-refractivity contribution in [3.8, 4) is 0 Å². The molecule has 86 valence electrons. The van der Waals surface area contributed by atoms with Gasteiger partial charge >= 0.3 is 58.4 Å².